The minimum Gasteiger partial charge on any atom is -0.481 e. The van der Waals surface area contributed by atoms with Crippen LogP contribution < -0.4 is 0 Å². The van der Waals surface area contributed by atoms with E-state index in [9.17, 15) is 14.7 Å². The second-order valence-corrected chi connectivity index (χ2v) is 15.8. The van der Waals surface area contributed by atoms with Crippen LogP contribution in [0.15, 0.2) is 0 Å². The van der Waals surface area contributed by atoms with Crippen LogP contribution in [-0.2, 0) is 14.3 Å². The van der Waals surface area contributed by atoms with E-state index in [1.165, 1.54) is 19.3 Å². The maximum absolute atomic E-state index is 12.9. The van der Waals surface area contributed by atoms with Gasteiger partial charge in [-0.2, -0.15) is 0 Å². The normalized spacial score (nSPS) is 49.3. The van der Waals surface area contributed by atoms with Gasteiger partial charge in [0.1, 0.15) is 6.10 Å². The molecular weight excluding hydrogens is 476 g/mol. The number of carboxylic acid groups (broad SMARTS) is 1. The van der Waals surface area contributed by atoms with E-state index in [0.29, 0.717) is 42.1 Å². The van der Waals surface area contributed by atoms with Crippen LogP contribution in [0.3, 0.4) is 0 Å². The Morgan fingerprint density at radius 2 is 1.55 bits per heavy atom. The molecule has 216 valence electrons. The highest BCUT2D eigenvalue weighted by Crippen LogP contribution is 2.77. The van der Waals surface area contributed by atoms with Gasteiger partial charge in [-0.05, 0) is 123 Å². The monoisotopic (exact) mass is 530 g/mol. The summed E-state index contributed by atoms with van der Waals surface area (Å²) >= 11 is 0. The molecular formula is C33H54O5. The van der Waals surface area contributed by atoms with E-state index < -0.39 is 17.5 Å². The van der Waals surface area contributed by atoms with Gasteiger partial charge in [-0.1, -0.05) is 48.5 Å². The van der Waals surface area contributed by atoms with E-state index in [1.807, 2.05) is 6.92 Å². The molecule has 0 heterocycles. The van der Waals surface area contributed by atoms with E-state index in [2.05, 4.69) is 48.5 Å². The molecule has 38 heavy (non-hydrogen) atoms. The zero-order chi connectivity index (χ0) is 27.9. The highest BCUT2D eigenvalue weighted by atomic mass is 16.7. The molecule has 0 amide bonds. The summed E-state index contributed by atoms with van der Waals surface area (Å²) in [5.74, 6) is 2.48. The van der Waals surface area contributed by atoms with Crippen molar-refractivity contribution in [3.63, 3.8) is 0 Å². The van der Waals surface area contributed by atoms with Crippen molar-refractivity contribution in [2.24, 2.45) is 62.6 Å². The van der Waals surface area contributed by atoms with Crippen LogP contribution in [-0.4, -0.2) is 29.9 Å². The van der Waals surface area contributed by atoms with Crippen LogP contribution in [0, 0.1) is 62.6 Å². The largest absolute Gasteiger partial charge is 0.508 e. The summed E-state index contributed by atoms with van der Waals surface area (Å²) in [5, 5.41) is 10.6. The molecule has 5 rings (SSSR count). The van der Waals surface area contributed by atoms with Crippen molar-refractivity contribution in [3.05, 3.63) is 0 Å². The molecule has 3 unspecified atom stereocenters. The lowest BCUT2D eigenvalue weighted by Gasteiger charge is -2.72. The molecule has 0 bridgehead atoms. The van der Waals surface area contributed by atoms with Gasteiger partial charge in [0.15, 0.2) is 0 Å². The van der Waals surface area contributed by atoms with E-state index in [4.69, 9.17) is 9.47 Å². The Balaban J connectivity index is 1.47. The molecule has 5 aliphatic carbocycles. The number of carbonyl (C=O) groups is 2. The van der Waals surface area contributed by atoms with Crippen molar-refractivity contribution in [1.82, 2.24) is 0 Å². The lowest BCUT2D eigenvalue weighted by molar-refractivity contribution is -0.250. The third kappa shape index (κ3) is 3.60. The summed E-state index contributed by atoms with van der Waals surface area (Å²) in [7, 11) is 0. The lowest BCUT2D eigenvalue weighted by atomic mass is 9.32. The number of rotatable bonds is 4. The quantitative estimate of drug-likeness (QED) is 0.370. The van der Waals surface area contributed by atoms with Gasteiger partial charge < -0.3 is 14.6 Å². The number of fused-ring (bicyclic) bond motifs is 7. The van der Waals surface area contributed by atoms with Gasteiger partial charge in [0, 0.05) is 5.41 Å². The van der Waals surface area contributed by atoms with E-state index in [-0.39, 0.29) is 27.8 Å². The van der Waals surface area contributed by atoms with Crippen molar-refractivity contribution >= 4 is 12.1 Å². The summed E-state index contributed by atoms with van der Waals surface area (Å²) < 4.78 is 11.1. The first kappa shape index (κ1) is 28.3. The molecule has 1 N–H and O–H groups in total. The van der Waals surface area contributed by atoms with Crippen molar-refractivity contribution in [2.45, 2.75) is 126 Å². The number of aliphatic carboxylic acids is 1. The number of hydrogen-bond acceptors (Lipinski definition) is 4. The average Bonchev–Trinajstić information content (AvgIpc) is 3.23. The molecule has 5 nitrogen and oxygen atoms in total. The van der Waals surface area contributed by atoms with Crippen LogP contribution >= 0.6 is 0 Å². The van der Waals surface area contributed by atoms with Crippen molar-refractivity contribution < 1.29 is 24.2 Å². The van der Waals surface area contributed by atoms with Crippen LogP contribution in [0.1, 0.15) is 120 Å². The minimum absolute atomic E-state index is 0.0991. The molecule has 0 aromatic rings. The molecule has 0 radical (unpaired) electrons. The van der Waals surface area contributed by atoms with Gasteiger partial charge in [-0.25, -0.2) is 4.79 Å². The maximum Gasteiger partial charge on any atom is 0.508 e. The fraction of sp³-hybridized carbons (Fsp3) is 0.939. The van der Waals surface area contributed by atoms with Gasteiger partial charge in [0.05, 0.1) is 12.0 Å². The smallest absolute Gasteiger partial charge is 0.481 e. The van der Waals surface area contributed by atoms with Gasteiger partial charge >= 0.3 is 12.1 Å². The topological polar surface area (TPSA) is 72.8 Å². The summed E-state index contributed by atoms with van der Waals surface area (Å²) in [4.78, 5) is 25.2. The van der Waals surface area contributed by atoms with E-state index in [1.54, 1.807) is 0 Å². The summed E-state index contributed by atoms with van der Waals surface area (Å²) in [6.07, 6.45) is 9.94. The summed E-state index contributed by atoms with van der Waals surface area (Å²) in [6.45, 7) is 19.2. The molecule has 0 aliphatic heterocycles. The first-order valence-electron chi connectivity index (χ1n) is 15.8. The van der Waals surface area contributed by atoms with Crippen LogP contribution in [0.5, 0.6) is 0 Å². The molecule has 10 atom stereocenters. The third-order valence-electron chi connectivity index (χ3n) is 14.2. The zero-order valence-corrected chi connectivity index (χ0v) is 25.4. The highest BCUT2D eigenvalue weighted by Gasteiger charge is 2.72. The van der Waals surface area contributed by atoms with Crippen molar-refractivity contribution in [1.29, 1.82) is 0 Å². The lowest BCUT2D eigenvalue weighted by Crippen LogP contribution is -2.67. The summed E-state index contributed by atoms with van der Waals surface area (Å²) in [5.41, 5.74) is -0.0201. The molecule has 5 saturated carbocycles. The average molecular weight is 531 g/mol. The van der Waals surface area contributed by atoms with Crippen molar-refractivity contribution in [2.75, 3.05) is 6.61 Å². The van der Waals surface area contributed by atoms with Crippen molar-refractivity contribution in [3.8, 4) is 0 Å². The Bertz CT molecular complexity index is 957. The van der Waals surface area contributed by atoms with Gasteiger partial charge in [-0.15, -0.1) is 0 Å². The Morgan fingerprint density at radius 1 is 0.842 bits per heavy atom. The molecule has 0 saturated heterocycles. The van der Waals surface area contributed by atoms with E-state index >= 15 is 0 Å². The SMILES string of the molecule is CCOC(=O)O[C@@H]1CC[C@@]2(C)C(CC[C@]3(C)C2CCC2[C@@H]4[C@H](C(C)C)CC[C@]4(C(=O)O)CC[C@]23C)C1(C)C. The van der Waals surface area contributed by atoms with Crippen LogP contribution in [0.2, 0.25) is 0 Å². The molecule has 5 fully saturated rings. The molecule has 0 spiro atoms. The predicted octanol–water partition coefficient (Wildman–Crippen LogP) is 8.35. The van der Waals surface area contributed by atoms with E-state index in [0.717, 1.165) is 44.9 Å². The molecule has 5 heteroatoms. The Hall–Kier alpha value is -1.26. The number of hydrogen-bond donors (Lipinski definition) is 1. The second-order valence-electron chi connectivity index (χ2n) is 15.8. The highest BCUT2D eigenvalue weighted by molar-refractivity contribution is 5.76. The van der Waals surface area contributed by atoms with Crippen LogP contribution in [0.4, 0.5) is 4.79 Å². The van der Waals surface area contributed by atoms with Gasteiger partial charge in [-0.3, -0.25) is 4.79 Å². The third-order valence-corrected chi connectivity index (χ3v) is 14.2. The van der Waals surface area contributed by atoms with Crippen LogP contribution in [0.25, 0.3) is 0 Å². The fourth-order valence-corrected chi connectivity index (χ4v) is 12.2. The summed E-state index contributed by atoms with van der Waals surface area (Å²) in [6, 6.07) is 0. The molecule has 5 aliphatic rings. The number of carbonyl (C=O) groups excluding carboxylic acids is 1. The zero-order valence-electron chi connectivity index (χ0n) is 25.4. The Morgan fingerprint density at radius 3 is 2.18 bits per heavy atom. The van der Waals surface area contributed by atoms with Gasteiger partial charge in [0.25, 0.3) is 0 Å². The number of ether oxygens (including phenoxy) is 2. The maximum atomic E-state index is 12.9. The standard InChI is InChI=1S/C33H54O5/c1-9-37-28(36)38-25-14-15-30(6)23(29(25,4)5)13-16-32(8)24(30)11-10-22-26-21(20(2)3)12-17-33(26,27(34)35)19-18-31(22,32)7/h20-26H,9-19H2,1-8H3,(H,34,35)/t21-,22?,23?,24?,25+,26-,30-,31+,32+,33-/m0/s1. The Kier molecular flexibility index (Phi) is 6.79. The first-order chi connectivity index (χ1) is 17.7. The predicted molar refractivity (Wildman–Crippen MR) is 149 cm³/mol. The fourth-order valence-electron chi connectivity index (χ4n) is 12.2. The number of carboxylic acids is 1. The molecule has 0 aromatic heterocycles. The Labute approximate surface area is 231 Å². The first-order valence-corrected chi connectivity index (χ1v) is 15.8. The molecule has 0 aromatic carbocycles. The van der Waals surface area contributed by atoms with Gasteiger partial charge in [0.2, 0.25) is 0 Å². The second kappa shape index (κ2) is 9.13. The minimum atomic E-state index is -0.525.